The summed E-state index contributed by atoms with van der Waals surface area (Å²) in [6, 6.07) is 20.7. The minimum absolute atomic E-state index is 0.0470. The topological polar surface area (TPSA) is 140 Å². The van der Waals surface area contributed by atoms with Gasteiger partial charge in [-0.3, -0.25) is 13.9 Å². The molecule has 10 nitrogen and oxygen atoms in total. The number of nitrogens with zero attached hydrogens (tertiary/aromatic N) is 2. The van der Waals surface area contributed by atoms with Crippen LogP contribution in [0.4, 0.5) is 5.69 Å². The van der Waals surface area contributed by atoms with Crippen LogP contribution in [0.15, 0.2) is 88.9 Å². The first-order valence-corrected chi connectivity index (χ1v) is 11.8. The van der Waals surface area contributed by atoms with Gasteiger partial charge < -0.3 is 15.2 Å². The van der Waals surface area contributed by atoms with Crippen LogP contribution in [-0.2, 0) is 19.6 Å². The lowest BCUT2D eigenvalue weighted by molar-refractivity contribution is -0.120. The first-order valence-electron chi connectivity index (χ1n) is 10.3. The van der Waals surface area contributed by atoms with Gasteiger partial charge in [-0.25, -0.2) is 13.8 Å². The molecule has 182 valence electrons. The van der Waals surface area contributed by atoms with Gasteiger partial charge in [-0.05, 0) is 66.2 Å². The zero-order valence-electron chi connectivity index (χ0n) is 18.8. The number of hydrogen-bond acceptors (Lipinski definition) is 7. The Labute approximate surface area is 203 Å². The van der Waals surface area contributed by atoms with E-state index >= 15 is 0 Å². The van der Waals surface area contributed by atoms with Gasteiger partial charge in [0.2, 0.25) is 0 Å². The molecule has 0 aromatic heterocycles. The highest BCUT2D eigenvalue weighted by atomic mass is 32.2. The number of sulfonamides is 1. The maximum absolute atomic E-state index is 13.3. The summed E-state index contributed by atoms with van der Waals surface area (Å²) in [5.74, 6) is -0.230. The third-order valence-electron chi connectivity index (χ3n) is 4.64. The van der Waals surface area contributed by atoms with E-state index in [0.29, 0.717) is 22.7 Å². The van der Waals surface area contributed by atoms with Crippen LogP contribution in [0.2, 0.25) is 0 Å². The normalized spacial score (nSPS) is 11.1. The highest BCUT2D eigenvalue weighted by Crippen LogP contribution is 2.25. The zero-order valence-corrected chi connectivity index (χ0v) is 19.6. The predicted molar refractivity (Wildman–Crippen MR) is 131 cm³/mol. The summed E-state index contributed by atoms with van der Waals surface area (Å²) in [5, 5.41) is 3.89. The Morgan fingerprint density at radius 2 is 1.60 bits per heavy atom. The Hall–Kier alpha value is -4.38. The smallest absolute Gasteiger partial charge is 0.264 e. The highest BCUT2D eigenvalue weighted by Gasteiger charge is 2.27. The van der Waals surface area contributed by atoms with E-state index in [-0.39, 0.29) is 11.5 Å². The van der Waals surface area contributed by atoms with Crippen LogP contribution in [0.3, 0.4) is 0 Å². The number of carbonyl (C=O) groups excluding carboxylic acids is 2. The number of amides is 2. The molecule has 0 atom stereocenters. The monoisotopic (exact) mass is 496 g/mol. The molecular formula is C24H24N4O6S. The molecule has 2 amide bonds. The Morgan fingerprint density at radius 3 is 2.20 bits per heavy atom. The molecule has 35 heavy (non-hydrogen) atoms. The molecule has 3 rings (SSSR count). The van der Waals surface area contributed by atoms with Gasteiger partial charge in [-0.1, -0.05) is 18.2 Å². The standard InChI is InChI=1S/C24H24N4O6S/c1-33-20-13-9-19(10-14-20)28(35(31,32)22-5-3-2-4-6-22)16-24(30)27-26-15-18-7-11-21(12-8-18)34-17-23(25)29/h2-15H,16-17H2,1H3,(H2,25,29)(H,27,30)/b26-15-. The fourth-order valence-electron chi connectivity index (χ4n) is 2.93. The molecule has 3 aromatic rings. The Kier molecular flexibility index (Phi) is 8.41. The second kappa shape index (κ2) is 11.7. The minimum Gasteiger partial charge on any atom is -0.497 e. The lowest BCUT2D eigenvalue weighted by Crippen LogP contribution is -2.39. The van der Waals surface area contributed by atoms with Crippen molar-refractivity contribution in [2.75, 3.05) is 24.6 Å². The van der Waals surface area contributed by atoms with E-state index in [1.807, 2.05) is 0 Å². The molecule has 0 aliphatic rings. The van der Waals surface area contributed by atoms with Crippen molar-refractivity contribution in [2.45, 2.75) is 4.90 Å². The van der Waals surface area contributed by atoms with Crippen LogP contribution in [0, 0.1) is 0 Å². The number of methoxy groups -OCH3 is 1. The fraction of sp³-hybridized carbons (Fsp3) is 0.125. The summed E-state index contributed by atoms with van der Waals surface area (Å²) in [7, 11) is -2.53. The maximum Gasteiger partial charge on any atom is 0.264 e. The molecule has 0 saturated carbocycles. The average Bonchev–Trinajstić information content (AvgIpc) is 2.87. The number of nitrogens with two attached hydrogens (primary N) is 1. The van der Waals surface area contributed by atoms with Crippen molar-refractivity contribution in [1.82, 2.24) is 5.43 Å². The number of nitrogens with one attached hydrogen (secondary N) is 1. The van der Waals surface area contributed by atoms with Crippen LogP contribution in [0.1, 0.15) is 5.56 Å². The summed E-state index contributed by atoms with van der Waals surface area (Å²) >= 11 is 0. The number of anilines is 1. The Morgan fingerprint density at radius 1 is 0.971 bits per heavy atom. The number of hydrazone groups is 1. The molecule has 0 radical (unpaired) electrons. The molecule has 0 aliphatic carbocycles. The van der Waals surface area contributed by atoms with E-state index in [9.17, 15) is 18.0 Å². The van der Waals surface area contributed by atoms with Crippen molar-refractivity contribution in [3.8, 4) is 11.5 Å². The van der Waals surface area contributed by atoms with Crippen LogP contribution in [0.5, 0.6) is 11.5 Å². The second-order valence-corrected chi connectivity index (χ2v) is 9.00. The van der Waals surface area contributed by atoms with Crippen LogP contribution < -0.4 is 24.9 Å². The van der Waals surface area contributed by atoms with Crippen LogP contribution >= 0.6 is 0 Å². The van der Waals surface area contributed by atoms with Crippen LogP contribution in [-0.4, -0.2) is 46.7 Å². The molecule has 3 aromatic carbocycles. The van der Waals surface area contributed by atoms with Gasteiger partial charge in [-0.15, -0.1) is 0 Å². The number of benzene rings is 3. The molecule has 0 bridgehead atoms. The van der Waals surface area contributed by atoms with Crippen molar-refractivity contribution in [1.29, 1.82) is 0 Å². The minimum atomic E-state index is -4.03. The summed E-state index contributed by atoms with van der Waals surface area (Å²) < 4.78 is 37.9. The van der Waals surface area contributed by atoms with Gasteiger partial charge in [-0.2, -0.15) is 5.10 Å². The van der Waals surface area contributed by atoms with E-state index in [1.165, 1.54) is 25.5 Å². The van der Waals surface area contributed by atoms with Crippen molar-refractivity contribution >= 4 is 33.7 Å². The summed E-state index contributed by atoms with van der Waals surface area (Å²) in [6.45, 7) is -0.735. The molecular weight excluding hydrogens is 472 g/mol. The molecule has 0 fully saturated rings. The maximum atomic E-state index is 13.3. The van der Waals surface area contributed by atoms with Crippen molar-refractivity contribution in [2.24, 2.45) is 10.8 Å². The third kappa shape index (κ3) is 7.05. The highest BCUT2D eigenvalue weighted by molar-refractivity contribution is 7.92. The van der Waals surface area contributed by atoms with Gasteiger partial charge in [0.05, 0.1) is 23.9 Å². The molecule has 0 saturated heterocycles. The van der Waals surface area contributed by atoms with E-state index in [0.717, 1.165) is 4.31 Å². The quantitative estimate of drug-likeness (QED) is 0.307. The van der Waals surface area contributed by atoms with Crippen LogP contribution in [0.25, 0.3) is 0 Å². The summed E-state index contributed by atoms with van der Waals surface area (Å²) in [5.41, 5.74) is 8.31. The van der Waals surface area contributed by atoms with Crippen molar-refractivity contribution < 1.29 is 27.5 Å². The number of hydrogen-bond donors (Lipinski definition) is 2. The summed E-state index contributed by atoms with van der Waals surface area (Å²) in [6.07, 6.45) is 1.39. The molecule has 0 spiro atoms. The van der Waals surface area contributed by atoms with E-state index in [1.54, 1.807) is 66.7 Å². The molecule has 3 N–H and O–H groups in total. The lowest BCUT2D eigenvalue weighted by Gasteiger charge is -2.23. The first kappa shape index (κ1) is 25.2. The van der Waals surface area contributed by atoms with Gasteiger partial charge in [0.15, 0.2) is 6.61 Å². The van der Waals surface area contributed by atoms with E-state index in [4.69, 9.17) is 15.2 Å². The number of ether oxygens (including phenoxy) is 2. The largest absolute Gasteiger partial charge is 0.497 e. The molecule has 0 heterocycles. The fourth-order valence-corrected chi connectivity index (χ4v) is 4.37. The van der Waals surface area contributed by atoms with Gasteiger partial charge in [0, 0.05) is 0 Å². The van der Waals surface area contributed by atoms with E-state index in [2.05, 4.69) is 10.5 Å². The SMILES string of the molecule is COc1ccc(N(CC(=O)N/N=C\c2ccc(OCC(N)=O)cc2)S(=O)(=O)c2ccccc2)cc1. The average molecular weight is 497 g/mol. The third-order valence-corrected chi connectivity index (χ3v) is 6.43. The Balaban J connectivity index is 1.72. The first-order chi connectivity index (χ1) is 16.8. The molecule has 0 unspecified atom stereocenters. The van der Waals surface area contributed by atoms with Gasteiger partial charge in [0.1, 0.15) is 18.0 Å². The van der Waals surface area contributed by atoms with Gasteiger partial charge in [0.25, 0.3) is 21.8 Å². The zero-order chi connectivity index (χ0) is 25.3. The van der Waals surface area contributed by atoms with Crippen molar-refractivity contribution in [3.05, 3.63) is 84.4 Å². The van der Waals surface area contributed by atoms with E-state index < -0.39 is 28.4 Å². The second-order valence-electron chi connectivity index (χ2n) is 7.14. The summed E-state index contributed by atoms with van der Waals surface area (Å²) in [4.78, 5) is 23.4. The number of rotatable bonds is 11. The number of carbonyl (C=O) groups is 2. The molecule has 11 heteroatoms. The lowest BCUT2D eigenvalue weighted by atomic mass is 10.2. The van der Waals surface area contributed by atoms with Gasteiger partial charge >= 0.3 is 0 Å². The Bertz CT molecular complexity index is 1280. The number of primary amides is 1. The van der Waals surface area contributed by atoms with Crippen molar-refractivity contribution in [3.63, 3.8) is 0 Å². The predicted octanol–water partition coefficient (Wildman–Crippen LogP) is 1.90. The molecule has 0 aliphatic heterocycles.